The van der Waals surface area contributed by atoms with Crippen molar-refractivity contribution in [1.29, 1.82) is 5.26 Å². The highest BCUT2D eigenvalue weighted by molar-refractivity contribution is 5.89. The van der Waals surface area contributed by atoms with Crippen LogP contribution in [0, 0.1) is 24.1 Å². The molecule has 0 aliphatic carbocycles. The van der Waals surface area contributed by atoms with Gasteiger partial charge in [-0.15, -0.1) is 0 Å². The van der Waals surface area contributed by atoms with Crippen LogP contribution < -0.4 is 5.56 Å². The second kappa shape index (κ2) is 4.88. The number of benzene rings is 2. The van der Waals surface area contributed by atoms with Gasteiger partial charge in [0.1, 0.15) is 17.4 Å². The SMILES string of the molecule is Cc1cc(-c2ccc3ccccc3c2F)c(C#N)c(=O)[nH]1. The number of hydrogen-bond donors (Lipinski definition) is 1. The zero-order valence-electron chi connectivity index (χ0n) is 11.3. The maximum atomic E-state index is 14.7. The highest BCUT2D eigenvalue weighted by Crippen LogP contribution is 2.30. The molecule has 0 fully saturated rings. The largest absolute Gasteiger partial charge is 0.325 e. The van der Waals surface area contributed by atoms with Gasteiger partial charge in [-0.3, -0.25) is 4.79 Å². The van der Waals surface area contributed by atoms with E-state index in [0.717, 1.165) is 5.39 Å². The Morgan fingerprint density at radius 3 is 2.67 bits per heavy atom. The molecular formula is C17H11FN2O. The van der Waals surface area contributed by atoms with E-state index in [9.17, 15) is 9.18 Å². The van der Waals surface area contributed by atoms with Gasteiger partial charge in [0.2, 0.25) is 0 Å². The lowest BCUT2D eigenvalue weighted by Gasteiger charge is -2.09. The van der Waals surface area contributed by atoms with Crippen molar-refractivity contribution in [3.63, 3.8) is 0 Å². The minimum Gasteiger partial charge on any atom is -0.325 e. The van der Waals surface area contributed by atoms with E-state index in [-0.39, 0.29) is 11.1 Å². The minimum atomic E-state index is -0.500. The summed E-state index contributed by atoms with van der Waals surface area (Å²) in [4.78, 5) is 14.4. The molecule has 21 heavy (non-hydrogen) atoms. The molecule has 0 amide bonds. The first kappa shape index (κ1) is 13.1. The van der Waals surface area contributed by atoms with Crippen molar-refractivity contribution >= 4 is 10.8 Å². The molecule has 102 valence electrons. The molecule has 3 nitrogen and oxygen atoms in total. The smallest absolute Gasteiger partial charge is 0.266 e. The van der Waals surface area contributed by atoms with Crippen molar-refractivity contribution in [3.8, 4) is 17.2 Å². The van der Waals surface area contributed by atoms with Crippen molar-refractivity contribution in [1.82, 2.24) is 4.98 Å². The summed E-state index contributed by atoms with van der Waals surface area (Å²) < 4.78 is 14.7. The predicted octanol–water partition coefficient (Wildman–Crippen LogP) is 3.51. The number of fused-ring (bicyclic) bond motifs is 1. The average Bonchev–Trinajstić information content (AvgIpc) is 2.47. The van der Waals surface area contributed by atoms with Crippen molar-refractivity contribution in [2.24, 2.45) is 0 Å². The topological polar surface area (TPSA) is 56.6 Å². The fraction of sp³-hybridized carbons (Fsp3) is 0.0588. The van der Waals surface area contributed by atoms with E-state index in [1.54, 1.807) is 37.3 Å². The molecule has 0 spiro atoms. The summed E-state index contributed by atoms with van der Waals surface area (Å²) >= 11 is 0. The van der Waals surface area contributed by atoms with E-state index in [0.29, 0.717) is 16.6 Å². The van der Waals surface area contributed by atoms with Gasteiger partial charge in [0.25, 0.3) is 5.56 Å². The third-order valence-electron chi connectivity index (χ3n) is 3.43. The highest BCUT2D eigenvalue weighted by atomic mass is 19.1. The van der Waals surface area contributed by atoms with Crippen LogP contribution >= 0.6 is 0 Å². The van der Waals surface area contributed by atoms with Gasteiger partial charge in [0.15, 0.2) is 0 Å². The number of halogens is 1. The molecule has 0 atom stereocenters. The zero-order valence-corrected chi connectivity index (χ0v) is 11.3. The van der Waals surface area contributed by atoms with E-state index >= 15 is 0 Å². The molecule has 0 unspecified atom stereocenters. The molecule has 0 saturated carbocycles. The van der Waals surface area contributed by atoms with Gasteiger partial charge in [-0.05, 0) is 18.4 Å². The first-order chi connectivity index (χ1) is 10.1. The fourth-order valence-corrected chi connectivity index (χ4v) is 2.45. The molecule has 1 N–H and O–H groups in total. The fourth-order valence-electron chi connectivity index (χ4n) is 2.45. The van der Waals surface area contributed by atoms with Crippen LogP contribution in [-0.4, -0.2) is 4.98 Å². The van der Waals surface area contributed by atoms with Gasteiger partial charge in [0.05, 0.1) is 0 Å². The monoisotopic (exact) mass is 278 g/mol. The number of nitriles is 1. The third kappa shape index (κ3) is 2.09. The Morgan fingerprint density at radius 2 is 1.90 bits per heavy atom. The second-order valence-corrected chi connectivity index (χ2v) is 4.83. The van der Waals surface area contributed by atoms with Gasteiger partial charge in [-0.1, -0.05) is 36.4 Å². The summed E-state index contributed by atoms with van der Waals surface area (Å²) in [5.74, 6) is -0.422. The minimum absolute atomic E-state index is 0.0743. The normalized spacial score (nSPS) is 10.5. The molecule has 2 aromatic carbocycles. The van der Waals surface area contributed by atoms with Crippen LogP contribution in [0.1, 0.15) is 11.3 Å². The third-order valence-corrected chi connectivity index (χ3v) is 3.43. The molecule has 0 aliphatic heterocycles. The molecule has 0 bridgehead atoms. The Kier molecular flexibility index (Phi) is 3.03. The highest BCUT2D eigenvalue weighted by Gasteiger charge is 2.15. The van der Waals surface area contributed by atoms with Crippen molar-refractivity contribution in [3.05, 3.63) is 69.9 Å². The standard InChI is InChI=1S/C17H11FN2O/c1-10-8-14(15(9-19)17(21)20-10)13-7-6-11-4-2-3-5-12(11)16(13)18/h2-8H,1H3,(H,20,21). The van der Waals surface area contributed by atoms with Crippen LogP contribution in [0.5, 0.6) is 0 Å². The lowest BCUT2D eigenvalue weighted by molar-refractivity contribution is 0.643. The Bertz CT molecular complexity index is 951. The lowest BCUT2D eigenvalue weighted by Crippen LogP contribution is -2.13. The molecular weight excluding hydrogens is 267 g/mol. The lowest BCUT2D eigenvalue weighted by atomic mass is 9.97. The number of H-pyrrole nitrogens is 1. The number of nitrogens with zero attached hydrogens (tertiary/aromatic N) is 1. The van der Waals surface area contributed by atoms with Gasteiger partial charge < -0.3 is 4.98 Å². The predicted molar refractivity (Wildman–Crippen MR) is 79.4 cm³/mol. The van der Waals surface area contributed by atoms with Crippen LogP contribution in [0.2, 0.25) is 0 Å². The number of pyridine rings is 1. The maximum Gasteiger partial charge on any atom is 0.266 e. The van der Waals surface area contributed by atoms with E-state index in [2.05, 4.69) is 4.98 Å². The van der Waals surface area contributed by atoms with E-state index < -0.39 is 11.4 Å². The molecule has 1 heterocycles. The van der Waals surface area contributed by atoms with Crippen LogP contribution in [0.4, 0.5) is 4.39 Å². The van der Waals surface area contributed by atoms with Gasteiger partial charge in [-0.2, -0.15) is 5.26 Å². The van der Waals surface area contributed by atoms with Crippen LogP contribution in [-0.2, 0) is 0 Å². The van der Waals surface area contributed by atoms with Gasteiger partial charge in [0, 0.05) is 22.2 Å². The van der Waals surface area contributed by atoms with Crippen molar-refractivity contribution in [2.75, 3.05) is 0 Å². The molecule has 4 heteroatoms. The Morgan fingerprint density at radius 1 is 1.14 bits per heavy atom. The second-order valence-electron chi connectivity index (χ2n) is 4.83. The van der Waals surface area contributed by atoms with Crippen LogP contribution in [0.15, 0.2) is 47.3 Å². The number of rotatable bonds is 1. The van der Waals surface area contributed by atoms with Crippen molar-refractivity contribution in [2.45, 2.75) is 6.92 Å². The summed E-state index contributed by atoms with van der Waals surface area (Å²) in [6, 6.07) is 13.9. The average molecular weight is 278 g/mol. The number of aryl methyl sites for hydroxylation is 1. The Balaban J connectivity index is 2.39. The molecule has 3 aromatic rings. The summed E-state index contributed by atoms with van der Waals surface area (Å²) in [7, 11) is 0. The number of hydrogen-bond acceptors (Lipinski definition) is 2. The molecule has 3 rings (SSSR count). The Hall–Kier alpha value is -2.93. The van der Waals surface area contributed by atoms with Gasteiger partial charge in [-0.25, -0.2) is 4.39 Å². The molecule has 1 aromatic heterocycles. The maximum absolute atomic E-state index is 14.7. The van der Waals surface area contributed by atoms with Crippen molar-refractivity contribution < 1.29 is 4.39 Å². The number of aromatic nitrogens is 1. The van der Waals surface area contributed by atoms with Gasteiger partial charge >= 0.3 is 0 Å². The summed E-state index contributed by atoms with van der Waals surface area (Å²) in [5, 5.41) is 10.4. The number of nitrogens with one attached hydrogen (secondary N) is 1. The summed E-state index contributed by atoms with van der Waals surface area (Å²) in [6.45, 7) is 1.70. The zero-order chi connectivity index (χ0) is 15.0. The molecule has 0 aliphatic rings. The van der Waals surface area contributed by atoms with Crippen LogP contribution in [0.25, 0.3) is 21.9 Å². The van der Waals surface area contributed by atoms with E-state index in [1.165, 1.54) is 0 Å². The quantitative estimate of drug-likeness (QED) is 0.740. The summed E-state index contributed by atoms with van der Waals surface area (Å²) in [5.41, 5.74) is 0.595. The number of aromatic amines is 1. The van der Waals surface area contributed by atoms with Crippen LogP contribution in [0.3, 0.4) is 0 Å². The summed E-state index contributed by atoms with van der Waals surface area (Å²) in [6.07, 6.45) is 0. The molecule has 0 saturated heterocycles. The first-order valence-corrected chi connectivity index (χ1v) is 6.43. The first-order valence-electron chi connectivity index (χ1n) is 6.43. The van der Waals surface area contributed by atoms with E-state index in [4.69, 9.17) is 5.26 Å². The van der Waals surface area contributed by atoms with E-state index in [1.807, 2.05) is 18.2 Å². The Labute approximate surface area is 120 Å². The molecule has 0 radical (unpaired) electrons.